The molecular weight excluding hydrogens is 292 g/mol. The zero-order valence-electron chi connectivity index (χ0n) is 9.45. The topological polar surface area (TPSA) is 68.0 Å². The number of nitrogens with one attached hydrogen (secondary N) is 1. The van der Waals surface area contributed by atoms with Gasteiger partial charge in [-0.15, -0.1) is 0 Å². The highest BCUT2D eigenvalue weighted by atomic mass is 35.5. The van der Waals surface area contributed by atoms with Crippen LogP contribution in [-0.2, 0) is 0 Å². The summed E-state index contributed by atoms with van der Waals surface area (Å²) in [6.07, 6.45) is 1.33. The Balaban J connectivity index is 2.30. The normalized spacial score (nSPS) is 10.3. The largest absolute Gasteiger partial charge is 0.397 e. The van der Waals surface area contributed by atoms with Crippen LogP contribution in [0.3, 0.4) is 0 Å². The maximum atomic E-state index is 13.1. The number of benzene rings is 1. The van der Waals surface area contributed by atoms with Crippen LogP contribution in [0.25, 0.3) is 0 Å². The van der Waals surface area contributed by atoms with Crippen LogP contribution in [0.4, 0.5) is 15.8 Å². The van der Waals surface area contributed by atoms with Crippen LogP contribution in [0.2, 0.25) is 10.2 Å². The Morgan fingerprint density at radius 1 is 1.32 bits per heavy atom. The zero-order chi connectivity index (χ0) is 14.0. The maximum absolute atomic E-state index is 13.1. The van der Waals surface area contributed by atoms with Gasteiger partial charge in [-0.25, -0.2) is 9.37 Å². The van der Waals surface area contributed by atoms with Gasteiger partial charge >= 0.3 is 0 Å². The molecule has 7 heteroatoms. The summed E-state index contributed by atoms with van der Waals surface area (Å²) < 4.78 is 13.1. The fourth-order valence-electron chi connectivity index (χ4n) is 1.41. The number of anilines is 2. The first kappa shape index (κ1) is 13.6. The first-order valence-electron chi connectivity index (χ1n) is 5.15. The fourth-order valence-corrected chi connectivity index (χ4v) is 1.76. The molecule has 0 atom stereocenters. The Labute approximate surface area is 118 Å². The number of carbonyl (C=O) groups excluding carboxylic acids is 1. The van der Waals surface area contributed by atoms with E-state index in [1.807, 2.05) is 0 Å². The lowest BCUT2D eigenvalue weighted by Crippen LogP contribution is -2.14. The van der Waals surface area contributed by atoms with Crippen molar-refractivity contribution in [3.63, 3.8) is 0 Å². The van der Waals surface area contributed by atoms with Crippen LogP contribution in [0.5, 0.6) is 0 Å². The van der Waals surface area contributed by atoms with Gasteiger partial charge in [-0.3, -0.25) is 4.79 Å². The predicted octanol–water partition coefficient (Wildman–Crippen LogP) is 3.36. The smallest absolute Gasteiger partial charge is 0.258 e. The first-order valence-corrected chi connectivity index (χ1v) is 5.90. The highest BCUT2D eigenvalue weighted by molar-refractivity contribution is 6.35. The number of hydrogen-bond acceptors (Lipinski definition) is 3. The minimum atomic E-state index is -0.572. The van der Waals surface area contributed by atoms with Gasteiger partial charge in [0.15, 0.2) is 0 Å². The molecule has 0 bridgehead atoms. The SMILES string of the molecule is Nc1cnc(Cl)c(C(=O)Nc2cc(F)ccc2Cl)c1. The van der Waals surface area contributed by atoms with Gasteiger partial charge in [-0.05, 0) is 24.3 Å². The molecular formula is C12H8Cl2FN3O. The number of hydrogen-bond donors (Lipinski definition) is 2. The Morgan fingerprint density at radius 3 is 2.79 bits per heavy atom. The van der Waals surface area contributed by atoms with E-state index in [9.17, 15) is 9.18 Å². The lowest BCUT2D eigenvalue weighted by molar-refractivity contribution is 0.102. The van der Waals surface area contributed by atoms with Gasteiger partial charge in [0, 0.05) is 0 Å². The van der Waals surface area contributed by atoms with E-state index >= 15 is 0 Å². The molecule has 0 spiro atoms. The second-order valence-corrected chi connectivity index (χ2v) is 4.45. The van der Waals surface area contributed by atoms with E-state index in [4.69, 9.17) is 28.9 Å². The van der Waals surface area contributed by atoms with Crippen LogP contribution in [0.15, 0.2) is 30.5 Å². The average molecular weight is 300 g/mol. The summed E-state index contributed by atoms with van der Waals surface area (Å²) in [5.41, 5.74) is 6.05. The predicted molar refractivity (Wildman–Crippen MR) is 73.0 cm³/mol. The molecule has 1 aromatic heterocycles. The van der Waals surface area contributed by atoms with Crippen LogP contribution in [-0.4, -0.2) is 10.9 Å². The number of nitrogen functional groups attached to an aromatic ring is 1. The molecule has 2 aromatic rings. The minimum Gasteiger partial charge on any atom is -0.397 e. The number of halogens is 3. The van der Waals surface area contributed by atoms with E-state index in [2.05, 4.69) is 10.3 Å². The molecule has 1 heterocycles. The second-order valence-electron chi connectivity index (χ2n) is 3.69. The monoisotopic (exact) mass is 299 g/mol. The molecule has 0 unspecified atom stereocenters. The fraction of sp³-hybridized carbons (Fsp3) is 0. The Hall–Kier alpha value is -1.85. The summed E-state index contributed by atoms with van der Waals surface area (Å²) in [5, 5.41) is 2.65. The minimum absolute atomic E-state index is 0.000717. The van der Waals surface area contributed by atoms with E-state index < -0.39 is 11.7 Å². The molecule has 0 aliphatic carbocycles. The second kappa shape index (κ2) is 5.42. The van der Waals surface area contributed by atoms with Crippen molar-refractivity contribution in [1.82, 2.24) is 4.98 Å². The average Bonchev–Trinajstić information content (AvgIpc) is 2.36. The van der Waals surface area contributed by atoms with E-state index in [0.29, 0.717) is 5.69 Å². The quantitative estimate of drug-likeness (QED) is 0.836. The van der Waals surface area contributed by atoms with E-state index in [0.717, 1.165) is 6.07 Å². The number of carbonyl (C=O) groups is 1. The molecule has 4 nitrogen and oxygen atoms in total. The van der Waals surface area contributed by atoms with Crippen molar-refractivity contribution >= 4 is 40.5 Å². The lowest BCUT2D eigenvalue weighted by Gasteiger charge is -2.08. The summed E-state index contributed by atoms with van der Waals surface area (Å²) in [7, 11) is 0. The van der Waals surface area contributed by atoms with Crippen molar-refractivity contribution in [2.45, 2.75) is 0 Å². The van der Waals surface area contributed by atoms with Crippen molar-refractivity contribution in [2.24, 2.45) is 0 Å². The highest BCUT2D eigenvalue weighted by Crippen LogP contribution is 2.24. The molecule has 0 saturated carbocycles. The molecule has 0 radical (unpaired) electrons. The van der Waals surface area contributed by atoms with Gasteiger partial charge in [0.05, 0.1) is 28.2 Å². The maximum Gasteiger partial charge on any atom is 0.258 e. The van der Waals surface area contributed by atoms with E-state index in [1.165, 1.54) is 24.4 Å². The number of aromatic nitrogens is 1. The standard InChI is InChI=1S/C12H8Cl2FN3O/c13-9-2-1-6(15)3-10(9)18-12(19)8-4-7(16)5-17-11(8)14/h1-5H,16H2,(H,18,19). The Bertz CT molecular complexity index is 649. The molecule has 2 rings (SSSR count). The molecule has 0 aliphatic heterocycles. The Morgan fingerprint density at radius 2 is 2.05 bits per heavy atom. The Kier molecular flexibility index (Phi) is 3.87. The van der Waals surface area contributed by atoms with Crippen LogP contribution < -0.4 is 11.1 Å². The summed E-state index contributed by atoms with van der Waals surface area (Å²) in [6, 6.07) is 5.00. The number of nitrogens with zero attached hydrogens (tertiary/aromatic N) is 1. The third kappa shape index (κ3) is 3.13. The van der Waals surface area contributed by atoms with Crippen molar-refractivity contribution in [2.75, 3.05) is 11.1 Å². The third-order valence-electron chi connectivity index (χ3n) is 2.28. The molecule has 0 aliphatic rings. The summed E-state index contributed by atoms with van der Waals surface area (Å²) >= 11 is 11.6. The molecule has 0 fully saturated rings. The van der Waals surface area contributed by atoms with Crippen molar-refractivity contribution in [1.29, 1.82) is 0 Å². The molecule has 98 valence electrons. The van der Waals surface area contributed by atoms with Gasteiger partial charge in [0.2, 0.25) is 0 Å². The van der Waals surface area contributed by atoms with Gasteiger partial charge < -0.3 is 11.1 Å². The zero-order valence-corrected chi connectivity index (χ0v) is 11.0. The molecule has 1 aromatic carbocycles. The van der Waals surface area contributed by atoms with Crippen molar-refractivity contribution in [3.8, 4) is 0 Å². The third-order valence-corrected chi connectivity index (χ3v) is 2.91. The van der Waals surface area contributed by atoms with Gasteiger partial charge in [-0.1, -0.05) is 23.2 Å². The molecule has 19 heavy (non-hydrogen) atoms. The van der Waals surface area contributed by atoms with Crippen LogP contribution in [0.1, 0.15) is 10.4 Å². The van der Waals surface area contributed by atoms with Crippen molar-refractivity contribution < 1.29 is 9.18 Å². The number of rotatable bonds is 2. The van der Waals surface area contributed by atoms with Crippen molar-refractivity contribution in [3.05, 3.63) is 52.0 Å². The summed E-state index contributed by atoms with van der Waals surface area (Å²) in [4.78, 5) is 15.7. The summed E-state index contributed by atoms with van der Waals surface area (Å²) in [6.45, 7) is 0. The van der Waals surface area contributed by atoms with E-state index in [1.54, 1.807) is 0 Å². The van der Waals surface area contributed by atoms with Crippen LogP contribution in [0, 0.1) is 5.82 Å². The van der Waals surface area contributed by atoms with Gasteiger partial charge in [0.1, 0.15) is 11.0 Å². The molecule has 0 saturated heterocycles. The molecule has 1 amide bonds. The van der Waals surface area contributed by atoms with E-state index in [-0.39, 0.29) is 21.4 Å². The first-order chi connectivity index (χ1) is 8.97. The lowest BCUT2D eigenvalue weighted by atomic mass is 10.2. The summed E-state index contributed by atoms with van der Waals surface area (Å²) in [5.74, 6) is -1.09. The van der Waals surface area contributed by atoms with Gasteiger partial charge in [0.25, 0.3) is 5.91 Å². The van der Waals surface area contributed by atoms with Crippen LogP contribution >= 0.6 is 23.2 Å². The number of nitrogens with two attached hydrogens (primary N) is 1. The molecule has 3 N–H and O–H groups in total. The van der Waals surface area contributed by atoms with Gasteiger partial charge in [-0.2, -0.15) is 0 Å². The highest BCUT2D eigenvalue weighted by Gasteiger charge is 2.14. The number of amides is 1. The number of pyridine rings is 1.